The topological polar surface area (TPSA) is 58.1 Å². The Bertz CT molecular complexity index is 734. The van der Waals surface area contributed by atoms with E-state index in [1.54, 1.807) is 24.3 Å². The molecule has 1 N–H and O–H groups in total. The molecule has 27 heavy (non-hydrogen) atoms. The Labute approximate surface area is 169 Å². The normalized spacial score (nSPS) is 15.0. The molecule has 3 rings (SSSR count). The Kier molecular flexibility index (Phi) is 7.71. The van der Waals surface area contributed by atoms with Gasteiger partial charge in [-0.2, -0.15) is 8.78 Å². The molecule has 1 aliphatic heterocycles. The number of nitrogens with zero attached hydrogens (tertiary/aromatic N) is 3. The van der Waals surface area contributed by atoms with Gasteiger partial charge in [-0.25, -0.2) is 0 Å². The Morgan fingerprint density at radius 3 is 2.52 bits per heavy atom. The monoisotopic (exact) mass is 430 g/mol. The predicted molar refractivity (Wildman–Crippen MR) is 107 cm³/mol. The molecule has 10 heteroatoms. The summed E-state index contributed by atoms with van der Waals surface area (Å²) in [6, 6.07) is 6.72. The number of benzene rings is 1. The van der Waals surface area contributed by atoms with Gasteiger partial charge >= 0.3 is 0 Å². The molecule has 0 spiro atoms. The highest BCUT2D eigenvalue weighted by molar-refractivity contribution is 8.01. The Morgan fingerprint density at radius 1 is 1.15 bits per heavy atom. The number of carbonyl (C=O) groups excluding carboxylic acids is 1. The molecule has 1 aliphatic rings. The van der Waals surface area contributed by atoms with Gasteiger partial charge in [0.15, 0.2) is 4.34 Å². The van der Waals surface area contributed by atoms with Crippen LogP contribution in [0.4, 0.5) is 19.6 Å². The molecule has 1 fully saturated rings. The van der Waals surface area contributed by atoms with Gasteiger partial charge in [0.1, 0.15) is 0 Å². The lowest BCUT2D eigenvalue weighted by Gasteiger charge is -2.19. The number of aromatic nitrogens is 2. The maximum atomic E-state index is 12.3. The molecule has 1 amide bonds. The number of rotatable bonds is 7. The number of halogens is 2. The first-order chi connectivity index (χ1) is 13.1. The second kappa shape index (κ2) is 10.2. The van der Waals surface area contributed by atoms with E-state index in [1.807, 2.05) is 4.90 Å². The van der Waals surface area contributed by atoms with Crippen molar-refractivity contribution in [3.63, 3.8) is 0 Å². The molecule has 1 aromatic carbocycles. The minimum absolute atomic E-state index is 0.152. The van der Waals surface area contributed by atoms with Gasteiger partial charge in [0.05, 0.1) is 5.75 Å². The first-order valence-electron chi connectivity index (χ1n) is 8.66. The largest absolute Gasteiger partial charge is 0.342 e. The predicted octanol–water partition coefficient (Wildman–Crippen LogP) is 5.09. The van der Waals surface area contributed by atoms with Gasteiger partial charge in [-0.15, -0.1) is 10.2 Å². The summed E-state index contributed by atoms with van der Waals surface area (Å²) < 4.78 is 25.4. The zero-order valence-electron chi connectivity index (χ0n) is 14.6. The lowest BCUT2D eigenvalue weighted by molar-refractivity contribution is -0.128. The third kappa shape index (κ3) is 6.62. The van der Waals surface area contributed by atoms with Gasteiger partial charge in [-0.05, 0) is 37.1 Å². The second-order valence-corrected chi connectivity index (χ2v) is 9.25. The van der Waals surface area contributed by atoms with E-state index < -0.39 is 5.76 Å². The smallest absolute Gasteiger partial charge is 0.288 e. The third-order valence-corrected chi connectivity index (χ3v) is 6.69. The Morgan fingerprint density at radius 2 is 1.85 bits per heavy atom. The minimum Gasteiger partial charge on any atom is -0.342 e. The van der Waals surface area contributed by atoms with Crippen LogP contribution in [0, 0.1) is 0 Å². The SMILES string of the molecule is O=C(CSc1nnc(Nc2ccc(SC(F)F)cc2)s1)N1CCCCCC1. The van der Waals surface area contributed by atoms with Crippen molar-refractivity contribution >= 4 is 51.6 Å². The highest BCUT2D eigenvalue weighted by atomic mass is 32.2. The summed E-state index contributed by atoms with van der Waals surface area (Å²) >= 11 is 3.28. The molecule has 0 atom stereocenters. The fourth-order valence-corrected chi connectivity index (χ4v) is 4.87. The Balaban J connectivity index is 1.48. The van der Waals surface area contributed by atoms with Crippen molar-refractivity contribution in [3.05, 3.63) is 24.3 Å². The molecule has 0 unspecified atom stereocenters. The van der Waals surface area contributed by atoms with Crippen LogP contribution < -0.4 is 5.32 Å². The van der Waals surface area contributed by atoms with E-state index in [1.165, 1.54) is 35.9 Å². The first-order valence-corrected chi connectivity index (χ1v) is 11.3. The van der Waals surface area contributed by atoms with E-state index in [0.717, 1.165) is 36.0 Å². The van der Waals surface area contributed by atoms with Crippen LogP contribution in [0.1, 0.15) is 25.7 Å². The Hall–Kier alpha value is -1.39. The molecule has 0 saturated carbocycles. The fourth-order valence-electron chi connectivity index (χ4n) is 2.70. The highest BCUT2D eigenvalue weighted by Crippen LogP contribution is 2.30. The highest BCUT2D eigenvalue weighted by Gasteiger charge is 2.16. The standard InChI is InChI=1S/C17H20F2N4OS3/c18-15(19)26-13-7-5-12(6-8-13)20-16-21-22-17(27-16)25-11-14(24)23-9-3-1-2-4-10-23/h5-8,15H,1-4,9-11H2,(H,20,21). The van der Waals surface area contributed by atoms with Crippen LogP contribution in [0.2, 0.25) is 0 Å². The second-order valence-electron chi connectivity index (χ2n) is 5.98. The molecule has 0 aliphatic carbocycles. The lowest BCUT2D eigenvalue weighted by atomic mass is 10.2. The van der Waals surface area contributed by atoms with Crippen LogP contribution in [-0.2, 0) is 4.79 Å². The number of amides is 1. The molecular weight excluding hydrogens is 410 g/mol. The van der Waals surface area contributed by atoms with Crippen molar-refractivity contribution in [3.8, 4) is 0 Å². The van der Waals surface area contributed by atoms with E-state index in [-0.39, 0.29) is 5.91 Å². The van der Waals surface area contributed by atoms with Crippen LogP contribution in [-0.4, -0.2) is 45.6 Å². The summed E-state index contributed by atoms with van der Waals surface area (Å²) in [4.78, 5) is 14.8. The van der Waals surface area contributed by atoms with Gasteiger partial charge in [-0.3, -0.25) is 4.79 Å². The lowest BCUT2D eigenvalue weighted by Crippen LogP contribution is -2.33. The minimum atomic E-state index is -2.43. The van der Waals surface area contributed by atoms with E-state index in [2.05, 4.69) is 15.5 Å². The number of thioether (sulfide) groups is 2. The van der Waals surface area contributed by atoms with Crippen molar-refractivity contribution in [2.45, 2.75) is 40.7 Å². The van der Waals surface area contributed by atoms with Crippen molar-refractivity contribution in [2.75, 3.05) is 24.2 Å². The molecule has 1 aromatic heterocycles. The van der Waals surface area contributed by atoms with E-state index in [9.17, 15) is 13.6 Å². The summed E-state index contributed by atoms with van der Waals surface area (Å²) in [6.07, 6.45) is 4.56. The summed E-state index contributed by atoms with van der Waals surface area (Å²) in [5.41, 5.74) is 0.752. The van der Waals surface area contributed by atoms with Crippen molar-refractivity contribution in [1.82, 2.24) is 15.1 Å². The van der Waals surface area contributed by atoms with Crippen LogP contribution in [0.3, 0.4) is 0 Å². The van der Waals surface area contributed by atoms with Crippen molar-refractivity contribution < 1.29 is 13.6 Å². The summed E-state index contributed by atoms with van der Waals surface area (Å²) in [5.74, 6) is -1.91. The zero-order valence-corrected chi connectivity index (χ0v) is 17.0. The number of nitrogens with one attached hydrogen (secondary N) is 1. The van der Waals surface area contributed by atoms with Crippen LogP contribution in [0.5, 0.6) is 0 Å². The van der Waals surface area contributed by atoms with Gasteiger partial charge in [0.2, 0.25) is 11.0 Å². The maximum absolute atomic E-state index is 12.3. The number of anilines is 2. The third-order valence-electron chi connectivity index (χ3n) is 4.02. The average molecular weight is 431 g/mol. The van der Waals surface area contributed by atoms with E-state index in [0.29, 0.717) is 27.5 Å². The summed E-state index contributed by atoms with van der Waals surface area (Å²) in [7, 11) is 0. The maximum Gasteiger partial charge on any atom is 0.288 e. The van der Waals surface area contributed by atoms with Crippen LogP contribution in [0.25, 0.3) is 0 Å². The number of hydrogen-bond acceptors (Lipinski definition) is 7. The molecule has 1 saturated heterocycles. The number of likely N-dealkylation sites (tertiary alicyclic amines) is 1. The molecule has 146 valence electrons. The van der Waals surface area contributed by atoms with E-state index >= 15 is 0 Å². The van der Waals surface area contributed by atoms with Crippen molar-refractivity contribution in [1.29, 1.82) is 0 Å². The van der Waals surface area contributed by atoms with Gasteiger partial charge in [-0.1, -0.05) is 47.7 Å². The molecule has 0 bridgehead atoms. The van der Waals surface area contributed by atoms with Gasteiger partial charge < -0.3 is 10.2 Å². The quantitative estimate of drug-likeness (QED) is 0.618. The van der Waals surface area contributed by atoms with Crippen molar-refractivity contribution in [2.24, 2.45) is 0 Å². The molecule has 2 aromatic rings. The molecular formula is C17H20F2N4OS3. The molecule has 2 heterocycles. The summed E-state index contributed by atoms with van der Waals surface area (Å²) in [6.45, 7) is 1.70. The van der Waals surface area contributed by atoms with Crippen LogP contribution >= 0.6 is 34.9 Å². The van der Waals surface area contributed by atoms with Gasteiger partial charge in [0.25, 0.3) is 5.76 Å². The molecule has 5 nitrogen and oxygen atoms in total. The van der Waals surface area contributed by atoms with E-state index in [4.69, 9.17) is 0 Å². The van der Waals surface area contributed by atoms with Gasteiger partial charge in [0, 0.05) is 23.7 Å². The van der Waals surface area contributed by atoms with Crippen LogP contribution in [0.15, 0.2) is 33.5 Å². The zero-order chi connectivity index (χ0) is 19.1. The molecule has 0 radical (unpaired) electrons. The number of alkyl halides is 2. The average Bonchev–Trinajstić information content (AvgIpc) is 2.91. The first kappa shape index (κ1) is 20.3. The number of hydrogen-bond donors (Lipinski definition) is 1. The number of carbonyl (C=O) groups is 1. The summed E-state index contributed by atoms with van der Waals surface area (Å²) in [5, 5.41) is 11.9. The fraction of sp³-hybridized carbons (Fsp3) is 0.471.